The summed E-state index contributed by atoms with van der Waals surface area (Å²) in [5, 5.41) is 0. The van der Waals surface area contributed by atoms with E-state index in [-0.39, 0.29) is 48.7 Å². The van der Waals surface area contributed by atoms with Crippen LogP contribution >= 0.6 is 0 Å². The van der Waals surface area contributed by atoms with Gasteiger partial charge in [-0.05, 0) is 123 Å². The molecule has 0 atom stereocenters. The Morgan fingerprint density at radius 1 is 0.295 bits per heavy atom. The third-order valence-electron chi connectivity index (χ3n) is 13.7. The minimum absolute atomic E-state index is 0.0819. The van der Waals surface area contributed by atoms with Crippen molar-refractivity contribution in [3.8, 4) is 34.5 Å². The van der Waals surface area contributed by atoms with Gasteiger partial charge < -0.3 is 28.4 Å². The maximum Gasteiger partial charge on any atom is 0.343 e. The SMILES string of the molecule is CCCCCCCCCCCCCCCCOc1ccc(C(=O)Oc2ccc(OC(=O)CCCCC(=O)Oc3ccc(OC(=O)c4ccc(OCCCCCCCCCCCCCCCC)cc4)ccc3=O)c(=O)cc2)cc1. The molecule has 426 valence electrons. The van der Waals surface area contributed by atoms with E-state index in [2.05, 4.69) is 13.8 Å². The summed E-state index contributed by atoms with van der Waals surface area (Å²) in [6.07, 6.45) is 36.5. The van der Waals surface area contributed by atoms with Gasteiger partial charge in [-0.25, -0.2) is 9.59 Å². The largest absolute Gasteiger partial charge is 0.494 e. The second kappa shape index (κ2) is 40.8. The number of benzene rings is 2. The second-order valence-corrected chi connectivity index (χ2v) is 20.5. The Balaban J connectivity index is 1.05. The number of hydrogen-bond donors (Lipinski definition) is 0. The number of hydrogen-bond acceptors (Lipinski definition) is 12. The molecule has 0 aliphatic rings. The summed E-state index contributed by atoms with van der Waals surface area (Å²) < 4.78 is 33.3. The second-order valence-electron chi connectivity index (χ2n) is 20.5. The van der Waals surface area contributed by atoms with Crippen LogP contribution in [0, 0.1) is 0 Å². The van der Waals surface area contributed by atoms with Gasteiger partial charge >= 0.3 is 23.9 Å². The van der Waals surface area contributed by atoms with Crippen LogP contribution in [0.2, 0.25) is 0 Å². The Morgan fingerprint density at radius 2 is 0.564 bits per heavy atom. The van der Waals surface area contributed by atoms with Crippen molar-refractivity contribution in [3.05, 3.63) is 129 Å². The van der Waals surface area contributed by atoms with E-state index in [0.29, 0.717) is 35.8 Å². The van der Waals surface area contributed by atoms with Gasteiger partial charge in [0.25, 0.3) is 0 Å². The highest BCUT2D eigenvalue weighted by Gasteiger charge is 2.14. The van der Waals surface area contributed by atoms with Crippen LogP contribution in [-0.2, 0) is 9.59 Å². The lowest BCUT2D eigenvalue weighted by molar-refractivity contribution is -0.136. The summed E-state index contributed by atoms with van der Waals surface area (Å²) in [5.41, 5.74) is -0.589. The van der Waals surface area contributed by atoms with Crippen molar-refractivity contribution in [2.45, 2.75) is 219 Å². The highest BCUT2D eigenvalue weighted by atomic mass is 16.6. The zero-order valence-electron chi connectivity index (χ0n) is 47.2. The summed E-state index contributed by atoms with van der Waals surface area (Å²) in [6, 6.07) is 23.6. The number of unbranched alkanes of at least 4 members (excludes halogenated alkanes) is 27. The monoisotopic (exact) mass is 1070 g/mol. The predicted molar refractivity (Wildman–Crippen MR) is 310 cm³/mol. The van der Waals surface area contributed by atoms with E-state index < -0.39 is 34.7 Å². The van der Waals surface area contributed by atoms with Crippen LogP contribution in [0.3, 0.4) is 0 Å². The van der Waals surface area contributed by atoms with E-state index in [1.165, 1.54) is 190 Å². The highest BCUT2D eigenvalue weighted by molar-refractivity contribution is 5.91. The average molecular weight is 1080 g/mol. The lowest BCUT2D eigenvalue weighted by Crippen LogP contribution is -2.14. The van der Waals surface area contributed by atoms with Crippen LogP contribution in [0.25, 0.3) is 0 Å². The molecule has 78 heavy (non-hydrogen) atoms. The minimum Gasteiger partial charge on any atom is -0.494 e. The Hall–Kier alpha value is -6.30. The van der Waals surface area contributed by atoms with E-state index in [1.54, 1.807) is 48.5 Å². The molecule has 12 nitrogen and oxygen atoms in total. The van der Waals surface area contributed by atoms with Crippen molar-refractivity contribution in [2.75, 3.05) is 13.2 Å². The van der Waals surface area contributed by atoms with Crippen molar-refractivity contribution in [1.82, 2.24) is 0 Å². The molecule has 0 aliphatic heterocycles. The zero-order valence-corrected chi connectivity index (χ0v) is 47.2. The Morgan fingerprint density at radius 3 is 0.872 bits per heavy atom. The fraction of sp³-hybridized carbons (Fsp3) is 0.545. The lowest BCUT2D eigenvalue weighted by Gasteiger charge is -2.07. The topological polar surface area (TPSA) is 158 Å². The number of esters is 4. The van der Waals surface area contributed by atoms with Gasteiger partial charge in [-0.2, -0.15) is 0 Å². The first kappa shape index (κ1) is 64.2. The first-order chi connectivity index (χ1) is 38.1. The average Bonchev–Trinajstić information content (AvgIpc) is 3.72. The molecule has 0 aromatic heterocycles. The van der Waals surface area contributed by atoms with E-state index in [0.717, 1.165) is 37.8 Å². The summed E-state index contributed by atoms with van der Waals surface area (Å²) in [5.74, 6) is -1.66. The van der Waals surface area contributed by atoms with E-state index in [9.17, 15) is 28.8 Å². The van der Waals surface area contributed by atoms with Crippen molar-refractivity contribution in [2.24, 2.45) is 0 Å². The molecule has 0 unspecified atom stereocenters. The molecule has 12 heteroatoms. The molecule has 4 aromatic rings. The minimum atomic E-state index is -0.699. The number of carbonyl (C=O) groups excluding carboxylic acids is 4. The summed E-state index contributed by atoms with van der Waals surface area (Å²) >= 11 is 0. The molecule has 0 saturated heterocycles. The van der Waals surface area contributed by atoms with E-state index in [4.69, 9.17) is 28.4 Å². The standard InChI is InChI=1S/C66H90O12/c1-3-5-7-9-11-13-15-17-19-21-23-25-27-31-51-73-55-39-35-53(36-40-55)65(71)75-57-43-47-59(67)61(49-45-57)77-63(69)33-29-30-34-64(70)78-62-50-46-58(44-48-60(62)68)76-66(72)54-37-41-56(42-38-54)74-52-32-28-26-24-22-20-18-16-14-12-10-8-6-4-2/h35-50H,3-34,51-52H2,1-2H3. The van der Waals surface area contributed by atoms with Gasteiger partial charge in [-0.15, -0.1) is 0 Å². The third kappa shape index (κ3) is 28.9. The van der Waals surface area contributed by atoms with Crippen LogP contribution in [0.5, 0.6) is 34.5 Å². The van der Waals surface area contributed by atoms with Crippen molar-refractivity contribution >= 4 is 23.9 Å². The summed E-state index contributed by atoms with van der Waals surface area (Å²) in [4.78, 5) is 76.5. The van der Waals surface area contributed by atoms with Crippen molar-refractivity contribution in [3.63, 3.8) is 0 Å². The van der Waals surface area contributed by atoms with E-state index in [1.807, 2.05) is 0 Å². The maximum absolute atomic E-state index is 12.9. The fourth-order valence-electron chi connectivity index (χ4n) is 8.94. The lowest BCUT2D eigenvalue weighted by atomic mass is 10.0. The highest BCUT2D eigenvalue weighted by Crippen LogP contribution is 2.21. The normalized spacial score (nSPS) is 10.9. The Bertz CT molecular complexity index is 2260. The molecule has 0 bridgehead atoms. The number of carbonyl (C=O) groups is 4. The molecule has 0 heterocycles. The van der Waals surface area contributed by atoms with Gasteiger partial charge in [-0.3, -0.25) is 19.2 Å². The van der Waals surface area contributed by atoms with Crippen LogP contribution in [0.15, 0.2) is 107 Å². The predicted octanol–water partition coefficient (Wildman–Crippen LogP) is 16.6. The van der Waals surface area contributed by atoms with Crippen LogP contribution in [0.1, 0.15) is 240 Å². The van der Waals surface area contributed by atoms with Gasteiger partial charge in [0, 0.05) is 12.8 Å². The first-order valence-electron chi connectivity index (χ1n) is 29.8. The molecule has 0 N–H and O–H groups in total. The summed E-state index contributed by atoms with van der Waals surface area (Å²) in [7, 11) is 0. The molecule has 0 amide bonds. The maximum atomic E-state index is 12.9. The van der Waals surface area contributed by atoms with Gasteiger partial charge in [0.2, 0.25) is 10.9 Å². The molecule has 0 saturated carbocycles. The van der Waals surface area contributed by atoms with Crippen molar-refractivity contribution < 1.29 is 47.6 Å². The van der Waals surface area contributed by atoms with Crippen LogP contribution < -0.4 is 39.3 Å². The zero-order chi connectivity index (χ0) is 55.7. The van der Waals surface area contributed by atoms with Gasteiger partial charge in [0.05, 0.1) is 24.3 Å². The number of rotatable bonds is 43. The first-order valence-corrected chi connectivity index (χ1v) is 29.8. The molecular weight excluding hydrogens is 985 g/mol. The third-order valence-corrected chi connectivity index (χ3v) is 13.7. The van der Waals surface area contributed by atoms with Gasteiger partial charge in [-0.1, -0.05) is 181 Å². The number of ether oxygens (including phenoxy) is 6. The van der Waals surface area contributed by atoms with E-state index >= 15 is 0 Å². The molecule has 0 fully saturated rings. The Kier molecular flexibility index (Phi) is 33.6. The van der Waals surface area contributed by atoms with Gasteiger partial charge in [0.15, 0.2) is 11.5 Å². The molecular formula is C66H90O12. The quantitative estimate of drug-likeness (QED) is 0.0306. The Labute approximate surface area is 465 Å². The van der Waals surface area contributed by atoms with Crippen LogP contribution in [-0.4, -0.2) is 37.1 Å². The molecule has 4 rings (SSSR count). The smallest absolute Gasteiger partial charge is 0.343 e. The van der Waals surface area contributed by atoms with Crippen LogP contribution in [0.4, 0.5) is 0 Å². The molecule has 4 aromatic carbocycles. The molecule has 0 aliphatic carbocycles. The summed E-state index contributed by atoms with van der Waals surface area (Å²) in [6.45, 7) is 5.73. The fourth-order valence-corrected chi connectivity index (χ4v) is 8.94. The van der Waals surface area contributed by atoms with Crippen molar-refractivity contribution in [1.29, 1.82) is 0 Å². The molecule has 0 radical (unpaired) electrons. The van der Waals surface area contributed by atoms with Gasteiger partial charge in [0.1, 0.15) is 23.0 Å². The molecule has 0 spiro atoms.